The number of hydrogen-bond acceptors (Lipinski definition) is 2. The molecule has 8 heteroatoms. The van der Waals surface area contributed by atoms with E-state index < -0.39 is 11.9 Å². The van der Waals surface area contributed by atoms with Crippen LogP contribution in [0.2, 0.25) is 0 Å². The van der Waals surface area contributed by atoms with Crippen LogP contribution in [0, 0.1) is 6.92 Å². The van der Waals surface area contributed by atoms with Crippen molar-refractivity contribution in [1.29, 1.82) is 0 Å². The van der Waals surface area contributed by atoms with Gasteiger partial charge in [-0.25, -0.2) is 4.99 Å². The van der Waals surface area contributed by atoms with E-state index in [9.17, 15) is 13.2 Å². The standard InChI is InChI=1S/C18H24F3N5/c1-5-22-17(24-13(3)15-9-7-6-8-12(15)2)23-10-14-11-26(4)25-16(14)18(19,20)21/h6-9,11,13H,5,10H2,1-4H3,(H2,22,23,24). The summed E-state index contributed by atoms with van der Waals surface area (Å²) >= 11 is 0. The summed E-state index contributed by atoms with van der Waals surface area (Å²) in [7, 11) is 1.46. The Morgan fingerprint density at radius 2 is 2.00 bits per heavy atom. The molecule has 0 amide bonds. The van der Waals surface area contributed by atoms with Gasteiger partial charge in [0.15, 0.2) is 11.7 Å². The summed E-state index contributed by atoms with van der Waals surface area (Å²) in [4.78, 5) is 4.31. The summed E-state index contributed by atoms with van der Waals surface area (Å²) in [5.74, 6) is 0.459. The van der Waals surface area contributed by atoms with E-state index in [1.54, 1.807) is 0 Å². The summed E-state index contributed by atoms with van der Waals surface area (Å²) in [6.45, 7) is 6.40. The van der Waals surface area contributed by atoms with Gasteiger partial charge in [0.05, 0.1) is 12.6 Å². The van der Waals surface area contributed by atoms with Crippen molar-refractivity contribution < 1.29 is 13.2 Å². The fraction of sp³-hybridized carbons (Fsp3) is 0.444. The Labute approximate surface area is 151 Å². The molecule has 1 aromatic heterocycles. The van der Waals surface area contributed by atoms with Crippen LogP contribution < -0.4 is 10.6 Å². The second kappa shape index (κ2) is 8.25. The van der Waals surface area contributed by atoms with Crippen molar-refractivity contribution in [2.75, 3.05) is 6.54 Å². The van der Waals surface area contributed by atoms with Gasteiger partial charge in [0, 0.05) is 25.4 Å². The van der Waals surface area contributed by atoms with Gasteiger partial charge in [-0.2, -0.15) is 18.3 Å². The van der Waals surface area contributed by atoms with Gasteiger partial charge in [0.2, 0.25) is 0 Å². The lowest BCUT2D eigenvalue weighted by Gasteiger charge is -2.19. The number of aryl methyl sites for hydroxylation is 2. The monoisotopic (exact) mass is 367 g/mol. The lowest BCUT2D eigenvalue weighted by molar-refractivity contribution is -0.142. The van der Waals surface area contributed by atoms with E-state index >= 15 is 0 Å². The Balaban J connectivity index is 2.19. The van der Waals surface area contributed by atoms with Crippen molar-refractivity contribution in [2.45, 2.75) is 39.5 Å². The normalized spacial score (nSPS) is 13.6. The third kappa shape index (κ3) is 5.00. The molecule has 1 heterocycles. The number of aliphatic imine (C=N–C) groups is 1. The Hall–Kier alpha value is -2.51. The highest BCUT2D eigenvalue weighted by atomic mass is 19.4. The highest BCUT2D eigenvalue weighted by molar-refractivity contribution is 5.80. The number of aromatic nitrogens is 2. The molecule has 0 aliphatic rings. The minimum atomic E-state index is -4.49. The van der Waals surface area contributed by atoms with Crippen molar-refractivity contribution in [3.05, 3.63) is 52.8 Å². The zero-order chi connectivity index (χ0) is 19.3. The smallest absolute Gasteiger partial charge is 0.357 e. The summed E-state index contributed by atoms with van der Waals surface area (Å²) in [5.41, 5.74) is 1.39. The lowest BCUT2D eigenvalue weighted by Crippen LogP contribution is -2.38. The molecule has 5 nitrogen and oxygen atoms in total. The SMILES string of the molecule is CCNC(=NCc1cn(C)nc1C(F)(F)F)NC(C)c1ccccc1C. The molecule has 0 saturated carbocycles. The second-order valence-electron chi connectivity index (χ2n) is 6.09. The quantitative estimate of drug-likeness (QED) is 0.628. The largest absolute Gasteiger partial charge is 0.435 e. The van der Waals surface area contributed by atoms with E-state index in [0.29, 0.717) is 12.5 Å². The second-order valence-corrected chi connectivity index (χ2v) is 6.09. The topological polar surface area (TPSA) is 54.2 Å². The Bertz CT molecular complexity index is 764. The number of nitrogens with one attached hydrogen (secondary N) is 2. The number of rotatable bonds is 5. The van der Waals surface area contributed by atoms with Crippen LogP contribution >= 0.6 is 0 Å². The van der Waals surface area contributed by atoms with Crippen molar-refractivity contribution in [3.8, 4) is 0 Å². The highest BCUT2D eigenvalue weighted by Gasteiger charge is 2.36. The van der Waals surface area contributed by atoms with Crippen LogP contribution in [0.1, 0.15) is 42.3 Å². The Morgan fingerprint density at radius 3 is 2.62 bits per heavy atom. The molecule has 2 N–H and O–H groups in total. The van der Waals surface area contributed by atoms with Crippen molar-refractivity contribution in [2.24, 2.45) is 12.0 Å². The van der Waals surface area contributed by atoms with E-state index in [-0.39, 0.29) is 18.2 Å². The molecule has 1 atom stereocenters. The summed E-state index contributed by atoms with van der Waals surface area (Å²) < 4.78 is 40.3. The Kier molecular flexibility index (Phi) is 6.28. The van der Waals surface area contributed by atoms with Crippen LogP contribution in [-0.4, -0.2) is 22.3 Å². The zero-order valence-corrected chi connectivity index (χ0v) is 15.4. The molecule has 0 bridgehead atoms. The van der Waals surface area contributed by atoms with Gasteiger partial charge in [0.25, 0.3) is 0 Å². The maximum Gasteiger partial charge on any atom is 0.435 e. The van der Waals surface area contributed by atoms with Gasteiger partial charge in [0.1, 0.15) is 0 Å². The first-order valence-electron chi connectivity index (χ1n) is 8.42. The first-order chi connectivity index (χ1) is 12.2. The average molecular weight is 367 g/mol. The Morgan fingerprint density at radius 1 is 1.31 bits per heavy atom. The minimum absolute atomic E-state index is 0.0371. The molecule has 2 rings (SSSR count). The van der Waals surface area contributed by atoms with E-state index in [2.05, 4.69) is 20.7 Å². The van der Waals surface area contributed by atoms with E-state index in [1.807, 2.05) is 45.0 Å². The van der Waals surface area contributed by atoms with Gasteiger partial charge < -0.3 is 10.6 Å². The number of guanidine groups is 1. The molecule has 0 aliphatic heterocycles. The third-order valence-corrected chi connectivity index (χ3v) is 3.93. The first-order valence-corrected chi connectivity index (χ1v) is 8.42. The van der Waals surface area contributed by atoms with Gasteiger partial charge >= 0.3 is 6.18 Å². The fourth-order valence-electron chi connectivity index (χ4n) is 2.73. The molecule has 2 aromatic rings. The molecule has 0 saturated heterocycles. The van der Waals surface area contributed by atoms with Crippen LogP contribution in [-0.2, 0) is 19.8 Å². The molecule has 0 radical (unpaired) electrons. The number of halogens is 3. The van der Waals surface area contributed by atoms with E-state index in [1.165, 1.54) is 13.2 Å². The van der Waals surface area contributed by atoms with Crippen LogP contribution in [0.5, 0.6) is 0 Å². The lowest BCUT2D eigenvalue weighted by atomic mass is 10.0. The molecule has 142 valence electrons. The molecule has 1 unspecified atom stereocenters. The first kappa shape index (κ1) is 19.8. The van der Waals surface area contributed by atoms with Crippen LogP contribution in [0.15, 0.2) is 35.5 Å². The van der Waals surface area contributed by atoms with Crippen molar-refractivity contribution in [1.82, 2.24) is 20.4 Å². The number of nitrogens with zero attached hydrogens (tertiary/aromatic N) is 3. The van der Waals surface area contributed by atoms with E-state index in [4.69, 9.17) is 0 Å². The number of benzene rings is 1. The van der Waals surface area contributed by atoms with Crippen LogP contribution in [0.3, 0.4) is 0 Å². The molecule has 1 aromatic carbocycles. The highest BCUT2D eigenvalue weighted by Crippen LogP contribution is 2.30. The summed E-state index contributed by atoms with van der Waals surface area (Å²) in [5, 5.41) is 9.82. The van der Waals surface area contributed by atoms with Gasteiger partial charge in [-0.1, -0.05) is 24.3 Å². The van der Waals surface area contributed by atoms with Gasteiger partial charge in [-0.05, 0) is 31.9 Å². The van der Waals surface area contributed by atoms with E-state index in [0.717, 1.165) is 15.8 Å². The minimum Gasteiger partial charge on any atom is -0.357 e. The van der Waals surface area contributed by atoms with Crippen LogP contribution in [0.25, 0.3) is 0 Å². The predicted molar refractivity (Wildman–Crippen MR) is 95.8 cm³/mol. The molecule has 0 aliphatic carbocycles. The molecule has 0 fully saturated rings. The zero-order valence-electron chi connectivity index (χ0n) is 15.4. The fourth-order valence-corrected chi connectivity index (χ4v) is 2.73. The van der Waals surface area contributed by atoms with Crippen molar-refractivity contribution >= 4 is 5.96 Å². The molecule has 26 heavy (non-hydrogen) atoms. The van der Waals surface area contributed by atoms with Gasteiger partial charge in [-0.15, -0.1) is 0 Å². The number of alkyl halides is 3. The summed E-state index contributed by atoms with van der Waals surface area (Å²) in [6.07, 6.45) is -3.15. The molecule has 0 spiro atoms. The summed E-state index contributed by atoms with van der Waals surface area (Å²) in [6, 6.07) is 7.91. The third-order valence-electron chi connectivity index (χ3n) is 3.93. The maximum absolute atomic E-state index is 13.1. The average Bonchev–Trinajstić information content (AvgIpc) is 2.94. The van der Waals surface area contributed by atoms with Crippen LogP contribution in [0.4, 0.5) is 13.2 Å². The molecular weight excluding hydrogens is 343 g/mol. The maximum atomic E-state index is 13.1. The van der Waals surface area contributed by atoms with Gasteiger partial charge in [-0.3, -0.25) is 4.68 Å². The van der Waals surface area contributed by atoms with Crippen molar-refractivity contribution in [3.63, 3.8) is 0 Å². The molecular formula is C18H24F3N5. The number of hydrogen-bond donors (Lipinski definition) is 2. The predicted octanol–water partition coefficient (Wildman–Crippen LogP) is 3.56.